The Morgan fingerprint density at radius 3 is 2.88 bits per heavy atom. The van der Waals surface area contributed by atoms with Crippen LogP contribution in [0.3, 0.4) is 0 Å². The van der Waals surface area contributed by atoms with Crippen molar-refractivity contribution in [2.24, 2.45) is 0 Å². The summed E-state index contributed by atoms with van der Waals surface area (Å²) in [5, 5.41) is 9.14. The van der Waals surface area contributed by atoms with E-state index in [1.807, 2.05) is 0 Å². The molecule has 0 bridgehead atoms. The van der Waals surface area contributed by atoms with Crippen LogP contribution >= 0.6 is 0 Å². The zero-order valence-electron chi connectivity index (χ0n) is 8.22. The van der Waals surface area contributed by atoms with Crippen LogP contribution in [0.5, 0.6) is 0 Å². The highest BCUT2D eigenvalue weighted by atomic mass is 19.1. The van der Waals surface area contributed by atoms with E-state index < -0.39 is 11.8 Å². The second kappa shape index (κ2) is 4.10. The normalized spacial score (nSPS) is 11.1. The van der Waals surface area contributed by atoms with E-state index in [1.54, 1.807) is 24.3 Å². The Labute approximate surface area is 90.9 Å². The van der Waals surface area contributed by atoms with Crippen LogP contribution in [0.1, 0.15) is 5.69 Å². The maximum atomic E-state index is 13.4. The Morgan fingerprint density at radius 2 is 2.12 bits per heavy atom. The summed E-state index contributed by atoms with van der Waals surface area (Å²) in [6.45, 7) is 0. The third-order valence-electron chi connectivity index (χ3n) is 2.09. The van der Waals surface area contributed by atoms with Crippen molar-refractivity contribution < 1.29 is 14.3 Å². The van der Waals surface area contributed by atoms with E-state index in [2.05, 4.69) is 4.98 Å². The first-order valence-electron chi connectivity index (χ1n) is 4.63. The minimum Gasteiger partial charge on any atom is -0.478 e. The summed E-state index contributed by atoms with van der Waals surface area (Å²) in [4.78, 5) is 14.3. The molecule has 3 nitrogen and oxygen atoms in total. The fourth-order valence-corrected chi connectivity index (χ4v) is 1.38. The van der Waals surface area contributed by atoms with Crippen LogP contribution in [-0.4, -0.2) is 16.1 Å². The number of aromatic nitrogens is 1. The van der Waals surface area contributed by atoms with E-state index in [0.29, 0.717) is 11.1 Å². The topological polar surface area (TPSA) is 50.2 Å². The predicted octanol–water partition coefficient (Wildman–Crippen LogP) is 2.47. The molecule has 80 valence electrons. The van der Waals surface area contributed by atoms with Gasteiger partial charge in [-0.05, 0) is 18.2 Å². The molecule has 1 aromatic heterocycles. The predicted molar refractivity (Wildman–Crippen MR) is 58.4 cm³/mol. The molecule has 0 radical (unpaired) electrons. The number of para-hydroxylation sites is 1. The number of carboxylic acid groups (broad SMARTS) is 1. The minimum atomic E-state index is -1.06. The quantitative estimate of drug-likeness (QED) is 0.786. The largest absolute Gasteiger partial charge is 0.478 e. The smallest absolute Gasteiger partial charge is 0.328 e. The van der Waals surface area contributed by atoms with Crippen molar-refractivity contribution in [1.29, 1.82) is 0 Å². The summed E-state index contributed by atoms with van der Waals surface area (Å²) in [6.07, 6.45) is 2.29. The van der Waals surface area contributed by atoms with Gasteiger partial charge in [-0.2, -0.15) is 0 Å². The van der Waals surface area contributed by atoms with E-state index in [9.17, 15) is 9.18 Å². The highest BCUT2D eigenvalue weighted by molar-refractivity contribution is 5.86. The van der Waals surface area contributed by atoms with Gasteiger partial charge in [-0.1, -0.05) is 18.2 Å². The number of fused-ring (bicyclic) bond motifs is 1. The van der Waals surface area contributed by atoms with Gasteiger partial charge in [0.05, 0.1) is 5.69 Å². The van der Waals surface area contributed by atoms with Crippen LogP contribution in [0.25, 0.3) is 17.0 Å². The first-order chi connectivity index (χ1) is 7.66. The first kappa shape index (κ1) is 10.3. The Balaban J connectivity index is 2.51. The van der Waals surface area contributed by atoms with Crippen LogP contribution in [0, 0.1) is 5.82 Å². The maximum absolute atomic E-state index is 13.4. The van der Waals surface area contributed by atoms with Crippen molar-refractivity contribution in [2.75, 3.05) is 0 Å². The van der Waals surface area contributed by atoms with Gasteiger partial charge in [0.2, 0.25) is 0 Å². The van der Waals surface area contributed by atoms with E-state index in [-0.39, 0.29) is 5.52 Å². The van der Waals surface area contributed by atoms with Crippen molar-refractivity contribution in [3.05, 3.63) is 47.9 Å². The lowest BCUT2D eigenvalue weighted by Crippen LogP contribution is -1.89. The van der Waals surface area contributed by atoms with Gasteiger partial charge in [-0.25, -0.2) is 14.2 Å². The molecule has 1 N–H and O–H groups in total. The number of benzene rings is 1. The summed E-state index contributed by atoms with van der Waals surface area (Å²) < 4.78 is 13.4. The van der Waals surface area contributed by atoms with Gasteiger partial charge < -0.3 is 5.11 Å². The van der Waals surface area contributed by atoms with Crippen molar-refractivity contribution >= 4 is 22.9 Å². The van der Waals surface area contributed by atoms with Crippen LogP contribution < -0.4 is 0 Å². The Bertz CT molecular complexity index is 578. The fourth-order valence-electron chi connectivity index (χ4n) is 1.38. The highest BCUT2D eigenvalue weighted by Crippen LogP contribution is 2.16. The lowest BCUT2D eigenvalue weighted by atomic mass is 10.2. The van der Waals surface area contributed by atoms with Crippen molar-refractivity contribution in [2.45, 2.75) is 0 Å². The molecule has 0 saturated heterocycles. The number of hydrogen-bond donors (Lipinski definition) is 1. The molecule has 0 saturated carbocycles. The zero-order valence-corrected chi connectivity index (χ0v) is 8.22. The van der Waals surface area contributed by atoms with E-state index >= 15 is 0 Å². The molecule has 0 aliphatic heterocycles. The van der Waals surface area contributed by atoms with Gasteiger partial charge >= 0.3 is 5.97 Å². The molecule has 16 heavy (non-hydrogen) atoms. The number of carboxylic acids is 1. The van der Waals surface area contributed by atoms with E-state index in [1.165, 1.54) is 12.1 Å². The molecule has 0 aliphatic rings. The van der Waals surface area contributed by atoms with Gasteiger partial charge in [0.15, 0.2) is 0 Å². The standard InChI is InChI=1S/C12H8FNO2/c13-10-3-1-2-8-4-5-9(14-12(8)10)6-7-11(15)16/h1-7H,(H,15,16)/b7-6+. The molecule has 2 rings (SSSR count). The average molecular weight is 217 g/mol. The second-order valence-corrected chi connectivity index (χ2v) is 3.22. The minimum absolute atomic E-state index is 0.245. The van der Waals surface area contributed by atoms with Gasteiger partial charge in [-0.15, -0.1) is 0 Å². The monoisotopic (exact) mass is 217 g/mol. The highest BCUT2D eigenvalue weighted by Gasteiger charge is 2.01. The van der Waals surface area contributed by atoms with Crippen LogP contribution in [0.4, 0.5) is 4.39 Å². The molecule has 0 spiro atoms. The number of pyridine rings is 1. The zero-order chi connectivity index (χ0) is 11.5. The summed E-state index contributed by atoms with van der Waals surface area (Å²) in [7, 11) is 0. The third kappa shape index (κ3) is 2.06. The van der Waals surface area contributed by atoms with Crippen LogP contribution in [-0.2, 0) is 4.79 Å². The van der Waals surface area contributed by atoms with Crippen LogP contribution in [0.15, 0.2) is 36.4 Å². The molecule has 2 aromatic rings. The maximum Gasteiger partial charge on any atom is 0.328 e. The summed E-state index contributed by atoms with van der Waals surface area (Å²) in [5.74, 6) is -1.47. The van der Waals surface area contributed by atoms with Crippen LogP contribution in [0.2, 0.25) is 0 Å². The summed E-state index contributed by atoms with van der Waals surface area (Å²) in [6, 6.07) is 8.01. The molecular weight excluding hydrogens is 209 g/mol. The Morgan fingerprint density at radius 1 is 1.31 bits per heavy atom. The van der Waals surface area contributed by atoms with Gasteiger partial charge in [0, 0.05) is 11.5 Å². The van der Waals surface area contributed by atoms with Crippen molar-refractivity contribution in [3.8, 4) is 0 Å². The second-order valence-electron chi connectivity index (χ2n) is 3.22. The molecule has 4 heteroatoms. The van der Waals surface area contributed by atoms with Gasteiger partial charge in [-0.3, -0.25) is 0 Å². The number of halogens is 1. The molecule has 1 aromatic carbocycles. The third-order valence-corrected chi connectivity index (χ3v) is 2.09. The lowest BCUT2D eigenvalue weighted by molar-refractivity contribution is -0.131. The lowest BCUT2D eigenvalue weighted by Gasteiger charge is -1.99. The summed E-state index contributed by atoms with van der Waals surface area (Å²) >= 11 is 0. The molecular formula is C12H8FNO2. The van der Waals surface area contributed by atoms with Crippen molar-refractivity contribution in [1.82, 2.24) is 4.98 Å². The number of nitrogens with zero attached hydrogens (tertiary/aromatic N) is 1. The summed E-state index contributed by atoms with van der Waals surface area (Å²) in [5.41, 5.74) is 0.662. The molecule has 1 heterocycles. The molecule has 0 atom stereocenters. The molecule has 0 unspecified atom stereocenters. The Kier molecular flexibility index (Phi) is 2.64. The average Bonchev–Trinajstić information content (AvgIpc) is 2.27. The van der Waals surface area contributed by atoms with E-state index in [0.717, 1.165) is 6.08 Å². The van der Waals surface area contributed by atoms with Gasteiger partial charge in [0.1, 0.15) is 11.3 Å². The molecule has 0 fully saturated rings. The molecule has 0 aliphatic carbocycles. The molecule has 0 amide bonds. The number of hydrogen-bond acceptors (Lipinski definition) is 2. The SMILES string of the molecule is O=C(O)/C=C/c1ccc2cccc(F)c2n1. The van der Waals surface area contributed by atoms with E-state index in [4.69, 9.17) is 5.11 Å². The Hall–Kier alpha value is -2.23. The number of rotatable bonds is 2. The first-order valence-corrected chi connectivity index (χ1v) is 4.63. The fraction of sp³-hybridized carbons (Fsp3) is 0. The van der Waals surface area contributed by atoms with Crippen molar-refractivity contribution in [3.63, 3.8) is 0 Å². The van der Waals surface area contributed by atoms with Gasteiger partial charge in [0.25, 0.3) is 0 Å². The number of carbonyl (C=O) groups is 1. The number of aliphatic carboxylic acids is 1.